The van der Waals surface area contributed by atoms with Crippen LogP contribution < -0.4 is 25.5 Å². The molecule has 156 valence electrons. The van der Waals surface area contributed by atoms with E-state index in [0.29, 0.717) is 4.57 Å². The van der Waals surface area contributed by atoms with Gasteiger partial charge in [-0.25, -0.2) is 19.0 Å². The molecular weight excluding hydrogens is 402 g/mol. The molecule has 0 aliphatic rings. The summed E-state index contributed by atoms with van der Waals surface area (Å²) in [7, 11) is 3.70. The smallest absolute Gasteiger partial charge is 0.493 e. The summed E-state index contributed by atoms with van der Waals surface area (Å²) in [6, 6.07) is 6.29. The molecule has 0 bridgehead atoms. The van der Waals surface area contributed by atoms with Crippen LogP contribution in [0.25, 0.3) is 16.7 Å². The molecule has 0 aliphatic carbocycles. The number of fused-ring (bicyclic) bond motifs is 1. The molecule has 30 heavy (non-hydrogen) atoms. The third-order valence-corrected chi connectivity index (χ3v) is 4.12. The molecule has 0 fully saturated rings. The molecule has 0 atom stereocenters. The molecule has 3 aromatic rings. The van der Waals surface area contributed by atoms with Crippen molar-refractivity contribution in [3.8, 4) is 22.9 Å². The minimum absolute atomic E-state index is 0.0886. The molecule has 11 heteroatoms. The van der Waals surface area contributed by atoms with Gasteiger partial charge in [0.25, 0.3) is 5.56 Å². The van der Waals surface area contributed by atoms with Crippen molar-refractivity contribution in [2.75, 3.05) is 21.3 Å². The second-order valence-corrected chi connectivity index (χ2v) is 5.73. The number of carbonyl (C=O) groups is 2. The van der Waals surface area contributed by atoms with Gasteiger partial charge in [-0.15, -0.1) is 0 Å². The number of hydrogen-bond acceptors (Lipinski definition) is 9. The van der Waals surface area contributed by atoms with Crippen LogP contribution in [0.4, 0.5) is 4.79 Å². The molecule has 0 radical (unpaired) electrons. The normalized spacial score (nSPS) is 10.5. The van der Waals surface area contributed by atoms with Crippen LogP contribution in [0, 0.1) is 0 Å². The first kappa shape index (κ1) is 20.5. The highest BCUT2D eigenvalue weighted by molar-refractivity contribution is 5.93. The van der Waals surface area contributed by atoms with Crippen LogP contribution in [0.15, 0.2) is 44.3 Å². The van der Waals surface area contributed by atoms with Crippen molar-refractivity contribution in [2.45, 2.75) is 0 Å². The summed E-state index contributed by atoms with van der Waals surface area (Å²) in [5.74, 6) is -2.66. The number of para-hydroxylation sites is 1. The van der Waals surface area contributed by atoms with E-state index in [2.05, 4.69) is 4.74 Å². The fourth-order valence-corrected chi connectivity index (χ4v) is 2.77. The number of ether oxygens (including phenoxy) is 4. The maximum atomic E-state index is 13.1. The van der Waals surface area contributed by atoms with Gasteiger partial charge in [0.05, 0.1) is 38.0 Å². The zero-order chi connectivity index (χ0) is 22.0. The summed E-state index contributed by atoms with van der Waals surface area (Å²) in [5.41, 5.74) is -1.89. The quantitative estimate of drug-likeness (QED) is 0.482. The minimum Gasteiger partial charge on any atom is -0.493 e. The number of rotatable bonds is 5. The van der Waals surface area contributed by atoms with Gasteiger partial charge in [0.15, 0.2) is 22.8 Å². The van der Waals surface area contributed by atoms with Crippen LogP contribution >= 0.6 is 0 Å². The first-order valence-corrected chi connectivity index (χ1v) is 8.26. The number of nitrogens with zero attached hydrogens (tertiary/aromatic N) is 1. The average molecular weight is 417 g/mol. The zero-order valence-electron chi connectivity index (χ0n) is 16.0. The van der Waals surface area contributed by atoms with Crippen LogP contribution in [0.5, 0.6) is 17.2 Å². The largest absolute Gasteiger partial charge is 0.513 e. The molecule has 0 saturated heterocycles. The molecule has 0 spiro atoms. The summed E-state index contributed by atoms with van der Waals surface area (Å²) >= 11 is 0. The lowest BCUT2D eigenvalue weighted by Crippen LogP contribution is -2.32. The number of carboxylic acid groups (broad SMARTS) is 1. The van der Waals surface area contributed by atoms with E-state index in [9.17, 15) is 24.3 Å². The Kier molecular flexibility index (Phi) is 5.45. The Morgan fingerprint density at radius 2 is 1.67 bits per heavy atom. The number of carboxylic acids is 1. The summed E-state index contributed by atoms with van der Waals surface area (Å²) in [6.45, 7) is 0. The Morgan fingerprint density at radius 1 is 1.00 bits per heavy atom. The van der Waals surface area contributed by atoms with Crippen molar-refractivity contribution in [1.29, 1.82) is 0 Å². The van der Waals surface area contributed by atoms with Gasteiger partial charge in [-0.3, -0.25) is 4.79 Å². The molecule has 0 saturated carbocycles. The molecule has 3 rings (SSSR count). The predicted molar refractivity (Wildman–Crippen MR) is 101 cm³/mol. The minimum atomic E-state index is -1.42. The Balaban J connectivity index is 2.36. The highest BCUT2D eigenvalue weighted by Gasteiger charge is 2.23. The van der Waals surface area contributed by atoms with Crippen molar-refractivity contribution >= 4 is 23.1 Å². The predicted octanol–water partition coefficient (Wildman–Crippen LogP) is 1.80. The average Bonchev–Trinajstić information content (AvgIpc) is 2.73. The molecule has 0 unspecified atom stereocenters. The SMILES string of the molecule is COC(=O)Oc1cccc2c(=O)n(-c3cc(OC)c(OC)cc3C(=O)O)c(=O)oc12. The number of aromatic nitrogens is 1. The van der Waals surface area contributed by atoms with Gasteiger partial charge in [-0.2, -0.15) is 0 Å². The van der Waals surface area contributed by atoms with Crippen molar-refractivity contribution in [1.82, 2.24) is 4.57 Å². The maximum Gasteiger partial charge on any atom is 0.513 e. The molecular formula is C19H15NO10. The zero-order valence-corrected chi connectivity index (χ0v) is 16.0. The van der Waals surface area contributed by atoms with E-state index in [1.807, 2.05) is 0 Å². The fraction of sp³-hybridized carbons (Fsp3) is 0.158. The van der Waals surface area contributed by atoms with E-state index >= 15 is 0 Å². The monoisotopic (exact) mass is 417 g/mol. The lowest BCUT2D eigenvalue weighted by Gasteiger charge is -2.14. The van der Waals surface area contributed by atoms with Crippen molar-refractivity contribution in [3.63, 3.8) is 0 Å². The molecule has 1 aromatic heterocycles. The van der Waals surface area contributed by atoms with Gasteiger partial charge in [0.2, 0.25) is 0 Å². The summed E-state index contributed by atoms with van der Waals surface area (Å²) in [6.07, 6.45) is -1.08. The van der Waals surface area contributed by atoms with E-state index in [1.165, 1.54) is 38.5 Å². The maximum absolute atomic E-state index is 13.1. The Hall–Kier alpha value is -4.28. The number of carbonyl (C=O) groups excluding carboxylic acids is 1. The first-order chi connectivity index (χ1) is 14.3. The summed E-state index contributed by atoms with van der Waals surface area (Å²) in [4.78, 5) is 48.8. The van der Waals surface area contributed by atoms with E-state index in [-0.39, 0.29) is 33.9 Å². The van der Waals surface area contributed by atoms with E-state index < -0.39 is 29.0 Å². The summed E-state index contributed by atoms with van der Waals surface area (Å²) < 4.78 is 25.2. The van der Waals surface area contributed by atoms with Gasteiger partial charge in [-0.1, -0.05) is 6.07 Å². The molecule has 1 heterocycles. The Labute approximate surface area is 167 Å². The Bertz CT molecular complexity index is 1270. The van der Waals surface area contributed by atoms with E-state index in [1.54, 1.807) is 0 Å². The number of benzene rings is 2. The van der Waals surface area contributed by atoms with Crippen molar-refractivity contribution in [3.05, 3.63) is 56.8 Å². The molecule has 0 amide bonds. The van der Waals surface area contributed by atoms with Crippen molar-refractivity contribution < 1.29 is 38.1 Å². The van der Waals surface area contributed by atoms with Gasteiger partial charge < -0.3 is 28.5 Å². The third kappa shape index (κ3) is 3.43. The molecule has 0 aliphatic heterocycles. The van der Waals surface area contributed by atoms with Crippen LogP contribution in [-0.4, -0.2) is 43.1 Å². The lowest BCUT2D eigenvalue weighted by molar-refractivity contribution is 0.0696. The van der Waals surface area contributed by atoms with Crippen LogP contribution in [-0.2, 0) is 4.74 Å². The van der Waals surface area contributed by atoms with Gasteiger partial charge in [0.1, 0.15) is 0 Å². The number of aromatic carboxylic acids is 1. The third-order valence-electron chi connectivity index (χ3n) is 4.12. The fourth-order valence-electron chi connectivity index (χ4n) is 2.77. The molecule has 11 nitrogen and oxygen atoms in total. The Morgan fingerprint density at radius 3 is 2.27 bits per heavy atom. The van der Waals surface area contributed by atoms with E-state index in [0.717, 1.165) is 13.2 Å². The molecule has 1 N–H and O–H groups in total. The topological polar surface area (TPSA) is 144 Å². The summed E-state index contributed by atoms with van der Waals surface area (Å²) in [5, 5.41) is 9.42. The number of methoxy groups -OCH3 is 3. The van der Waals surface area contributed by atoms with Gasteiger partial charge in [-0.05, 0) is 12.1 Å². The van der Waals surface area contributed by atoms with Crippen LogP contribution in [0.3, 0.4) is 0 Å². The second kappa shape index (κ2) is 7.99. The van der Waals surface area contributed by atoms with Crippen molar-refractivity contribution in [2.24, 2.45) is 0 Å². The standard InChI is InChI=1S/C19H15NO10/c1-26-13-7-10(17(22)23)11(8-14(13)27-2)20-16(21)9-5-4-6-12(29-19(25)28-3)15(9)30-18(20)24/h4-8H,1-3H3,(H,22,23). The number of hydrogen-bond donors (Lipinski definition) is 1. The highest BCUT2D eigenvalue weighted by atomic mass is 16.7. The second-order valence-electron chi connectivity index (χ2n) is 5.73. The first-order valence-electron chi connectivity index (χ1n) is 8.26. The molecule has 2 aromatic carbocycles. The van der Waals surface area contributed by atoms with Gasteiger partial charge >= 0.3 is 17.9 Å². The van der Waals surface area contributed by atoms with Crippen LogP contribution in [0.1, 0.15) is 10.4 Å². The van der Waals surface area contributed by atoms with E-state index in [4.69, 9.17) is 18.6 Å². The lowest BCUT2D eigenvalue weighted by atomic mass is 10.1. The highest BCUT2D eigenvalue weighted by Crippen LogP contribution is 2.32. The van der Waals surface area contributed by atoms with Crippen LogP contribution in [0.2, 0.25) is 0 Å². The van der Waals surface area contributed by atoms with Gasteiger partial charge in [0, 0.05) is 12.1 Å².